The van der Waals surface area contributed by atoms with E-state index in [1.165, 1.54) is 0 Å². The van der Waals surface area contributed by atoms with E-state index >= 15 is 0 Å². The number of hydrogen-bond acceptors (Lipinski definition) is 4. The molecule has 1 atom stereocenters. The fourth-order valence-electron chi connectivity index (χ4n) is 2.88. The fourth-order valence-corrected chi connectivity index (χ4v) is 3.93. The molecule has 0 aliphatic rings. The molecule has 2 aromatic rings. The number of carbonyl (C=O) groups is 2. The molecule has 0 saturated carbocycles. The highest BCUT2D eigenvalue weighted by Gasteiger charge is 2.37. The summed E-state index contributed by atoms with van der Waals surface area (Å²) >= 11 is 0. The van der Waals surface area contributed by atoms with Crippen LogP contribution in [0.5, 0.6) is 0 Å². The van der Waals surface area contributed by atoms with Gasteiger partial charge in [0.05, 0.1) is 19.1 Å². The third-order valence-electron chi connectivity index (χ3n) is 5.82. The quantitative estimate of drug-likeness (QED) is 0.310. The van der Waals surface area contributed by atoms with Crippen LogP contribution in [0.2, 0.25) is 18.1 Å². The van der Waals surface area contributed by atoms with Gasteiger partial charge in [-0.15, -0.1) is 0 Å². The van der Waals surface area contributed by atoms with E-state index in [4.69, 9.17) is 9.63 Å². The van der Waals surface area contributed by atoms with Gasteiger partial charge in [-0.1, -0.05) is 63.2 Å². The number of hydroxylamine groups is 1. The van der Waals surface area contributed by atoms with E-state index in [1.807, 2.05) is 18.2 Å². The smallest absolute Gasteiger partial charge is 0.274 e. The van der Waals surface area contributed by atoms with Crippen molar-refractivity contribution in [2.24, 2.45) is 0 Å². The summed E-state index contributed by atoms with van der Waals surface area (Å²) in [7, 11) is -1.94. The summed E-state index contributed by atoms with van der Waals surface area (Å²) in [4.78, 5) is 24.2. The van der Waals surface area contributed by atoms with Gasteiger partial charge >= 0.3 is 0 Å². The fraction of sp³-hybridized carbons (Fsp3) is 0.417. The largest absolute Gasteiger partial charge is 0.415 e. The van der Waals surface area contributed by atoms with Crippen LogP contribution in [0.4, 0.5) is 0 Å². The molecule has 1 unspecified atom stereocenters. The molecule has 0 bridgehead atoms. The predicted octanol–water partition coefficient (Wildman–Crippen LogP) is 4.10. The molecule has 0 radical (unpaired) electrons. The standard InChI is InChI=1S/C24H34N2O4Si/c1-24(2,3)31(4,5)30-17-21(15-18-9-7-6-8-10-18)25-22(27)16-19-11-13-20(14-12-19)23(28)26-29/h6-14,21,29H,15-17H2,1-5H3,(H,25,27)(H,26,28). The van der Waals surface area contributed by atoms with Crippen molar-refractivity contribution >= 4 is 20.1 Å². The summed E-state index contributed by atoms with van der Waals surface area (Å²) in [5.74, 6) is -0.680. The molecule has 168 valence electrons. The zero-order chi connectivity index (χ0) is 23.1. The van der Waals surface area contributed by atoms with Crippen molar-refractivity contribution in [1.29, 1.82) is 0 Å². The second-order valence-electron chi connectivity index (χ2n) is 9.34. The summed E-state index contributed by atoms with van der Waals surface area (Å²) in [5, 5.41) is 11.9. The van der Waals surface area contributed by atoms with Crippen LogP contribution in [-0.4, -0.2) is 38.0 Å². The van der Waals surface area contributed by atoms with Crippen LogP contribution in [0, 0.1) is 0 Å². The maximum atomic E-state index is 12.7. The van der Waals surface area contributed by atoms with Crippen LogP contribution in [-0.2, 0) is 22.1 Å². The van der Waals surface area contributed by atoms with E-state index in [0.29, 0.717) is 18.6 Å². The molecular weight excluding hydrogens is 408 g/mol. The van der Waals surface area contributed by atoms with Crippen LogP contribution >= 0.6 is 0 Å². The zero-order valence-electron chi connectivity index (χ0n) is 19.1. The molecule has 0 aliphatic heterocycles. The molecule has 0 heterocycles. The van der Waals surface area contributed by atoms with Crippen LogP contribution in [0.25, 0.3) is 0 Å². The first-order valence-electron chi connectivity index (χ1n) is 10.5. The van der Waals surface area contributed by atoms with E-state index in [0.717, 1.165) is 11.1 Å². The first-order valence-corrected chi connectivity index (χ1v) is 13.4. The van der Waals surface area contributed by atoms with Crippen molar-refractivity contribution in [2.75, 3.05) is 6.61 Å². The normalized spacial score (nSPS) is 12.8. The number of benzene rings is 2. The monoisotopic (exact) mass is 442 g/mol. The van der Waals surface area contributed by atoms with E-state index in [1.54, 1.807) is 29.7 Å². The summed E-state index contributed by atoms with van der Waals surface area (Å²) in [6.45, 7) is 11.5. The van der Waals surface area contributed by atoms with E-state index in [9.17, 15) is 9.59 Å². The number of hydrogen-bond donors (Lipinski definition) is 3. The number of nitrogens with one attached hydrogen (secondary N) is 2. The van der Waals surface area contributed by atoms with Crippen LogP contribution in [0.3, 0.4) is 0 Å². The van der Waals surface area contributed by atoms with Crippen LogP contribution < -0.4 is 10.8 Å². The van der Waals surface area contributed by atoms with E-state index < -0.39 is 14.2 Å². The first kappa shape index (κ1) is 24.8. The third-order valence-corrected chi connectivity index (χ3v) is 10.3. The minimum atomic E-state index is -1.94. The first-order chi connectivity index (χ1) is 14.5. The number of rotatable bonds is 9. The molecule has 2 rings (SSSR count). The highest BCUT2D eigenvalue weighted by molar-refractivity contribution is 6.74. The molecule has 0 spiro atoms. The molecule has 2 aromatic carbocycles. The van der Waals surface area contributed by atoms with Gasteiger partial charge in [-0.25, -0.2) is 5.48 Å². The lowest BCUT2D eigenvalue weighted by atomic mass is 10.1. The minimum Gasteiger partial charge on any atom is -0.415 e. The Morgan fingerprint density at radius 3 is 2.16 bits per heavy atom. The molecule has 2 amide bonds. The summed E-state index contributed by atoms with van der Waals surface area (Å²) in [6.07, 6.45) is 0.892. The van der Waals surface area contributed by atoms with Crippen LogP contribution in [0.15, 0.2) is 54.6 Å². The second kappa shape index (κ2) is 10.7. The Morgan fingerprint density at radius 1 is 1.00 bits per heavy atom. The number of carbonyl (C=O) groups excluding carboxylic acids is 2. The molecule has 0 aliphatic carbocycles. The Hall–Kier alpha value is -2.48. The SMILES string of the molecule is CC(C)(C)[Si](C)(C)OCC(Cc1ccccc1)NC(=O)Cc1ccc(C(=O)NO)cc1. The molecule has 0 saturated heterocycles. The topological polar surface area (TPSA) is 87.7 Å². The van der Waals surface area contributed by atoms with Crippen LogP contribution in [0.1, 0.15) is 42.3 Å². The molecule has 0 fully saturated rings. The summed E-state index contributed by atoms with van der Waals surface area (Å²) in [5.41, 5.74) is 3.86. The van der Waals surface area contributed by atoms with Crippen molar-refractivity contribution in [2.45, 2.75) is 57.8 Å². The predicted molar refractivity (Wildman–Crippen MR) is 125 cm³/mol. The van der Waals surface area contributed by atoms with Gasteiger partial charge in [-0.3, -0.25) is 14.8 Å². The summed E-state index contributed by atoms with van der Waals surface area (Å²) < 4.78 is 6.39. The highest BCUT2D eigenvalue weighted by Crippen LogP contribution is 2.36. The van der Waals surface area contributed by atoms with Gasteiger partial charge < -0.3 is 9.74 Å². The van der Waals surface area contributed by atoms with Gasteiger partial charge in [-0.2, -0.15) is 0 Å². The van der Waals surface area contributed by atoms with Crippen molar-refractivity contribution in [3.05, 3.63) is 71.3 Å². The van der Waals surface area contributed by atoms with Gasteiger partial charge in [0.15, 0.2) is 8.32 Å². The number of amides is 2. The van der Waals surface area contributed by atoms with E-state index in [-0.39, 0.29) is 23.4 Å². The molecule has 3 N–H and O–H groups in total. The lowest BCUT2D eigenvalue weighted by molar-refractivity contribution is -0.121. The maximum Gasteiger partial charge on any atom is 0.274 e. The van der Waals surface area contributed by atoms with Gasteiger partial charge in [0.1, 0.15) is 0 Å². The van der Waals surface area contributed by atoms with Gasteiger partial charge in [0.25, 0.3) is 5.91 Å². The van der Waals surface area contributed by atoms with Gasteiger partial charge in [0, 0.05) is 5.56 Å². The lowest BCUT2D eigenvalue weighted by Crippen LogP contribution is -2.47. The second-order valence-corrected chi connectivity index (χ2v) is 14.1. The molecule has 7 heteroatoms. The lowest BCUT2D eigenvalue weighted by Gasteiger charge is -2.37. The average molecular weight is 443 g/mol. The van der Waals surface area contributed by atoms with Crippen molar-refractivity contribution in [3.8, 4) is 0 Å². The van der Waals surface area contributed by atoms with Gasteiger partial charge in [0.2, 0.25) is 5.91 Å². The molecular formula is C24H34N2O4Si. The Bertz CT molecular complexity index is 861. The third kappa shape index (κ3) is 7.61. The highest BCUT2D eigenvalue weighted by atomic mass is 28.4. The maximum absolute atomic E-state index is 12.7. The average Bonchev–Trinajstić information content (AvgIpc) is 2.72. The Balaban J connectivity index is 2.05. The van der Waals surface area contributed by atoms with Crippen molar-refractivity contribution < 1.29 is 19.2 Å². The Morgan fingerprint density at radius 2 is 1.61 bits per heavy atom. The Kier molecular flexibility index (Phi) is 8.56. The minimum absolute atomic E-state index is 0.0942. The van der Waals surface area contributed by atoms with E-state index in [2.05, 4.69) is 51.3 Å². The van der Waals surface area contributed by atoms with Crippen molar-refractivity contribution in [1.82, 2.24) is 10.8 Å². The zero-order valence-corrected chi connectivity index (χ0v) is 20.1. The van der Waals surface area contributed by atoms with Crippen molar-refractivity contribution in [3.63, 3.8) is 0 Å². The molecule has 6 nitrogen and oxygen atoms in total. The Labute approximate surface area is 186 Å². The molecule has 0 aromatic heterocycles. The molecule has 31 heavy (non-hydrogen) atoms. The van der Waals surface area contributed by atoms with Gasteiger partial charge in [-0.05, 0) is 47.8 Å². The summed E-state index contributed by atoms with van der Waals surface area (Å²) in [6, 6.07) is 16.5.